The number of rotatable bonds is 8. The Morgan fingerprint density at radius 2 is 1.82 bits per heavy atom. The van der Waals surface area contributed by atoms with Crippen LogP contribution >= 0.6 is 11.6 Å². The van der Waals surface area contributed by atoms with E-state index in [0.717, 1.165) is 60.9 Å². The average molecular weight is 472 g/mol. The molecule has 0 bridgehead atoms. The number of fused-ring (bicyclic) bond motifs is 1. The third-order valence-corrected chi connectivity index (χ3v) is 7.04. The SMILES string of the molecule is C=Cc1cnn2c(NCC3CCN(CCc4ccccc4)CC3)cc(-c3ccccc3Cl)nc12. The Labute approximate surface area is 206 Å². The van der Waals surface area contributed by atoms with E-state index in [1.165, 1.54) is 18.4 Å². The Morgan fingerprint density at radius 3 is 2.59 bits per heavy atom. The molecule has 0 unspecified atom stereocenters. The van der Waals surface area contributed by atoms with E-state index < -0.39 is 0 Å². The first-order valence-corrected chi connectivity index (χ1v) is 12.4. The van der Waals surface area contributed by atoms with Gasteiger partial charge in [-0.25, -0.2) is 4.98 Å². The molecule has 6 heteroatoms. The van der Waals surface area contributed by atoms with E-state index in [-0.39, 0.29) is 0 Å². The molecule has 0 atom stereocenters. The predicted molar refractivity (Wildman–Crippen MR) is 141 cm³/mol. The number of halogens is 1. The van der Waals surface area contributed by atoms with Crippen molar-refractivity contribution in [2.24, 2.45) is 5.92 Å². The Morgan fingerprint density at radius 1 is 1.06 bits per heavy atom. The number of hydrogen-bond acceptors (Lipinski definition) is 4. The van der Waals surface area contributed by atoms with Crippen LogP contribution in [-0.2, 0) is 6.42 Å². The van der Waals surface area contributed by atoms with Gasteiger partial charge in [0.2, 0.25) is 0 Å². The predicted octanol–water partition coefficient (Wildman–Crippen LogP) is 6.06. The van der Waals surface area contributed by atoms with Crippen molar-refractivity contribution in [3.8, 4) is 11.3 Å². The van der Waals surface area contributed by atoms with Gasteiger partial charge < -0.3 is 10.2 Å². The molecule has 2 aromatic heterocycles. The molecule has 0 saturated carbocycles. The van der Waals surface area contributed by atoms with Gasteiger partial charge in [0, 0.05) is 35.3 Å². The molecule has 2 aromatic carbocycles. The summed E-state index contributed by atoms with van der Waals surface area (Å²) in [5, 5.41) is 8.90. The summed E-state index contributed by atoms with van der Waals surface area (Å²) >= 11 is 6.48. The molecule has 1 saturated heterocycles. The number of anilines is 1. The third kappa shape index (κ3) is 5.01. The lowest BCUT2D eigenvalue weighted by atomic mass is 9.96. The van der Waals surface area contributed by atoms with E-state index in [9.17, 15) is 0 Å². The van der Waals surface area contributed by atoms with E-state index in [1.54, 1.807) is 6.08 Å². The Kier molecular flexibility index (Phi) is 6.93. The van der Waals surface area contributed by atoms with Gasteiger partial charge in [0.15, 0.2) is 5.65 Å². The van der Waals surface area contributed by atoms with Gasteiger partial charge in [-0.3, -0.25) is 0 Å². The second-order valence-corrected chi connectivity index (χ2v) is 9.35. The molecular weight excluding hydrogens is 442 g/mol. The summed E-state index contributed by atoms with van der Waals surface area (Å²) < 4.78 is 1.87. The van der Waals surface area contributed by atoms with Crippen LogP contribution in [0.15, 0.2) is 73.4 Å². The van der Waals surface area contributed by atoms with E-state index in [0.29, 0.717) is 10.9 Å². The van der Waals surface area contributed by atoms with Gasteiger partial charge in [-0.05, 0) is 49.9 Å². The van der Waals surface area contributed by atoms with Crippen LogP contribution in [0, 0.1) is 5.92 Å². The zero-order valence-corrected chi connectivity index (χ0v) is 20.1. The zero-order valence-electron chi connectivity index (χ0n) is 19.3. The molecule has 0 radical (unpaired) electrons. The van der Waals surface area contributed by atoms with E-state index in [4.69, 9.17) is 16.6 Å². The number of nitrogens with one attached hydrogen (secondary N) is 1. The van der Waals surface area contributed by atoms with Crippen LogP contribution in [0.5, 0.6) is 0 Å². The minimum absolute atomic E-state index is 0.634. The highest BCUT2D eigenvalue weighted by molar-refractivity contribution is 6.33. The summed E-state index contributed by atoms with van der Waals surface area (Å²) in [5.74, 6) is 1.56. The normalized spacial score (nSPS) is 15.0. The summed E-state index contributed by atoms with van der Waals surface area (Å²) in [6.07, 6.45) is 7.12. The second-order valence-electron chi connectivity index (χ2n) is 8.95. The van der Waals surface area contributed by atoms with Crippen LogP contribution in [0.25, 0.3) is 23.0 Å². The number of aromatic nitrogens is 3. The summed E-state index contributed by atoms with van der Waals surface area (Å²) in [4.78, 5) is 7.44. The molecule has 3 heterocycles. The molecule has 1 aliphatic heterocycles. The van der Waals surface area contributed by atoms with Crippen LogP contribution in [0.3, 0.4) is 0 Å². The Bertz CT molecular complexity index is 1260. The lowest BCUT2D eigenvalue weighted by Gasteiger charge is -2.32. The van der Waals surface area contributed by atoms with Crippen molar-refractivity contribution in [1.82, 2.24) is 19.5 Å². The number of piperidine rings is 1. The summed E-state index contributed by atoms with van der Waals surface area (Å²) in [6.45, 7) is 8.27. The zero-order chi connectivity index (χ0) is 23.3. The lowest BCUT2D eigenvalue weighted by molar-refractivity contribution is 0.191. The van der Waals surface area contributed by atoms with Crippen molar-refractivity contribution in [2.75, 3.05) is 31.5 Å². The molecule has 1 N–H and O–H groups in total. The highest BCUT2D eigenvalue weighted by Crippen LogP contribution is 2.30. The van der Waals surface area contributed by atoms with Crippen molar-refractivity contribution in [1.29, 1.82) is 0 Å². The van der Waals surface area contributed by atoms with Crippen LogP contribution in [-0.4, -0.2) is 45.7 Å². The van der Waals surface area contributed by atoms with E-state index >= 15 is 0 Å². The van der Waals surface area contributed by atoms with E-state index in [2.05, 4.69) is 52.2 Å². The average Bonchev–Trinajstić information content (AvgIpc) is 3.31. The van der Waals surface area contributed by atoms with Crippen LogP contribution < -0.4 is 5.32 Å². The van der Waals surface area contributed by atoms with Crippen molar-refractivity contribution in [3.05, 3.63) is 89.6 Å². The maximum atomic E-state index is 6.48. The van der Waals surface area contributed by atoms with Crippen molar-refractivity contribution < 1.29 is 0 Å². The number of hydrogen-bond donors (Lipinski definition) is 1. The third-order valence-electron chi connectivity index (χ3n) is 6.71. The highest BCUT2D eigenvalue weighted by Gasteiger charge is 2.20. The fourth-order valence-electron chi connectivity index (χ4n) is 4.65. The summed E-state index contributed by atoms with van der Waals surface area (Å²) in [5.41, 5.74) is 4.85. The summed E-state index contributed by atoms with van der Waals surface area (Å²) in [7, 11) is 0. The van der Waals surface area contributed by atoms with Crippen LogP contribution in [0.1, 0.15) is 24.0 Å². The molecule has 34 heavy (non-hydrogen) atoms. The standard InChI is InChI=1S/C28H30ClN5/c1-2-23-20-31-34-27(18-26(32-28(23)34)24-10-6-7-11-25(24)29)30-19-22-13-16-33(17-14-22)15-12-21-8-4-3-5-9-21/h2-11,18,20,22,30H,1,12-17,19H2. The van der Waals surface area contributed by atoms with Gasteiger partial charge >= 0.3 is 0 Å². The molecule has 4 aromatic rings. The second kappa shape index (κ2) is 10.4. The minimum atomic E-state index is 0.634. The quantitative estimate of drug-likeness (QED) is 0.339. The summed E-state index contributed by atoms with van der Waals surface area (Å²) in [6, 6.07) is 20.6. The van der Waals surface area contributed by atoms with Crippen molar-refractivity contribution in [3.63, 3.8) is 0 Å². The molecule has 174 valence electrons. The molecule has 1 fully saturated rings. The molecular formula is C28H30ClN5. The maximum absolute atomic E-state index is 6.48. The largest absolute Gasteiger partial charge is 0.370 e. The smallest absolute Gasteiger partial charge is 0.165 e. The molecule has 1 aliphatic rings. The van der Waals surface area contributed by atoms with Gasteiger partial charge in [0.1, 0.15) is 5.82 Å². The number of nitrogens with zero attached hydrogens (tertiary/aromatic N) is 4. The molecule has 5 nitrogen and oxygen atoms in total. The monoisotopic (exact) mass is 471 g/mol. The van der Waals surface area contributed by atoms with Crippen LogP contribution in [0.4, 0.5) is 5.82 Å². The fourth-order valence-corrected chi connectivity index (χ4v) is 4.88. The maximum Gasteiger partial charge on any atom is 0.165 e. The van der Waals surface area contributed by atoms with Gasteiger partial charge in [0.25, 0.3) is 0 Å². The van der Waals surface area contributed by atoms with Gasteiger partial charge in [-0.15, -0.1) is 0 Å². The Balaban J connectivity index is 1.26. The van der Waals surface area contributed by atoms with Crippen molar-refractivity contribution in [2.45, 2.75) is 19.3 Å². The first kappa shape index (κ1) is 22.6. The first-order chi connectivity index (χ1) is 16.7. The van der Waals surface area contributed by atoms with Crippen molar-refractivity contribution >= 4 is 29.1 Å². The van der Waals surface area contributed by atoms with Gasteiger partial charge in [-0.1, -0.05) is 72.8 Å². The fraction of sp³-hybridized carbons (Fsp3) is 0.286. The Hall–Kier alpha value is -3.15. The highest BCUT2D eigenvalue weighted by atomic mass is 35.5. The first-order valence-electron chi connectivity index (χ1n) is 12.0. The van der Waals surface area contributed by atoms with Crippen LogP contribution in [0.2, 0.25) is 5.02 Å². The molecule has 0 amide bonds. The number of likely N-dealkylation sites (tertiary alicyclic amines) is 1. The number of benzene rings is 2. The van der Waals surface area contributed by atoms with E-state index in [1.807, 2.05) is 41.0 Å². The topological polar surface area (TPSA) is 45.5 Å². The molecule has 0 spiro atoms. The van der Waals surface area contributed by atoms with Gasteiger partial charge in [0.05, 0.1) is 11.9 Å². The molecule has 0 aliphatic carbocycles. The lowest BCUT2D eigenvalue weighted by Crippen LogP contribution is -2.37. The minimum Gasteiger partial charge on any atom is -0.370 e. The van der Waals surface area contributed by atoms with Gasteiger partial charge in [-0.2, -0.15) is 9.61 Å². The molecule has 5 rings (SSSR count).